The van der Waals surface area contributed by atoms with Crippen molar-refractivity contribution in [2.45, 2.75) is 53.4 Å². The summed E-state index contributed by atoms with van der Waals surface area (Å²) in [6, 6.07) is 6.01. The van der Waals surface area contributed by atoms with Gasteiger partial charge in [-0.15, -0.1) is 0 Å². The van der Waals surface area contributed by atoms with Crippen molar-refractivity contribution < 1.29 is 14.1 Å². The molecule has 1 amide bonds. The van der Waals surface area contributed by atoms with Gasteiger partial charge in [0, 0.05) is 24.2 Å². The lowest BCUT2D eigenvalue weighted by molar-refractivity contribution is 0.0729. The number of rotatable bonds is 8. The predicted octanol–water partition coefficient (Wildman–Crippen LogP) is 4.98. The molecule has 0 unspecified atom stereocenters. The van der Waals surface area contributed by atoms with Crippen molar-refractivity contribution >= 4 is 5.91 Å². The first-order valence-corrected chi connectivity index (χ1v) is 10.4. The molecule has 0 fully saturated rings. The van der Waals surface area contributed by atoms with Crippen LogP contribution in [0.4, 0.5) is 0 Å². The number of hydrogen-bond donors (Lipinski definition) is 0. The van der Waals surface area contributed by atoms with Gasteiger partial charge >= 0.3 is 0 Å². The highest BCUT2D eigenvalue weighted by atomic mass is 16.5. The fourth-order valence-corrected chi connectivity index (χ4v) is 3.59. The summed E-state index contributed by atoms with van der Waals surface area (Å²) in [7, 11) is 1.65. The monoisotopic (exact) mass is 384 g/mol. The number of hydrogen-bond acceptors (Lipinski definition) is 4. The Morgan fingerprint density at radius 3 is 2.43 bits per heavy atom. The summed E-state index contributed by atoms with van der Waals surface area (Å²) in [5.41, 5.74) is 3.61. The Morgan fingerprint density at radius 1 is 1.14 bits per heavy atom. The Morgan fingerprint density at radius 2 is 1.82 bits per heavy atom. The molecule has 0 saturated carbocycles. The van der Waals surface area contributed by atoms with Crippen molar-refractivity contribution in [1.29, 1.82) is 0 Å². The number of carbonyl (C=O) groups excluding carboxylic acids is 1. The molecule has 1 heterocycles. The number of benzene rings is 1. The Labute approximate surface area is 168 Å². The molecule has 0 atom stereocenters. The maximum Gasteiger partial charge on any atom is 0.276 e. The van der Waals surface area contributed by atoms with Gasteiger partial charge in [-0.2, -0.15) is 0 Å². The minimum Gasteiger partial charge on any atom is -0.497 e. The number of nitrogens with zero attached hydrogens (tertiary/aromatic N) is 2. The van der Waals surface area contributed by atoms with Gasteiger partial charge in [0.15, 0.2) is 11.5 Å². The van der Waals surface area contributed by atoms with Gasteiger partial charge < -0.3 is 14.2 Å². The molecule has 0 N–H and O–H groups in total. The summed E-state index contributed by atoms with van der Waals surface area (Å²) in [6.45, 7) is 10.3. The number of amides is 1. The van der Waals surface area contributed by atoms with Gasteiger partial charge in [0.2, 0.25) is 0 Å². The van der Waals surface area contributed by atoms with Crippen LogP contribution in [0.5, 0.6) is 5.75 Å². The van der Waals surface area contributed by atoms with Crippen LogP contribution in [0.3, 0.4) is 0 Å². The highest BCUT2D eigenvalue weighted by Crippen LogP contribution is 2.37. The van der Waals surface area contributed by atoms with Gasteiger partial charge in [0.25, 0.3) is 5.91 Å². The number of carbonyl (C=O) groups is 1. The molecule has 0 radical (unpaired) electrons. The highest BCUT2D eigenvalue weighted by Gasteiger charge is 2.30. The third-order valence-electron chi connectivity index (χ3n) is 5.44. The smallest absolute Gasteiger partial charge is 0.276 e. The van der Waals surface area contributed by atoms with Gasteiger partial charge in [-0.25, -0.2) is 0 Å². The Hall–Kier alpha value is -2.30. The quantitative estimate of drug-likeness (QED) is 0.644. The number of fused-ring (bicyclic) bond motifs is 3. The zero-order valence-corrected chi connectivity index (χ0v) is 17.7. The number of methoxy groups -OCH3 is 1. The third kappa shape index (κ3) is 4.40. The largest absolute Gasteiger partial charge is 0.497 e. The zero-order chi connectivity index (χ0) is 20.3. The molecule has 5 nitrogen and oxygen atoms in total. The van der Waals surface area contributed by atoms with Crippen LogP contribution in [0.2, 0.25) is 0 Å². The van der Waals surface area contributed by atoms with E-state index in [1.54, 1.807) is 7.11 Å². The fourth-order valence-electron chi connectivity index (χ4n) is 3.59. The maximum atomic E-state index is 13.3. The average molecular weight is 385 g/mol. The topological polar surface area (TPSA) is 55.6 Å². The van der Waals surface area contributed by atoms with E-state index in [1.807, 2.05) is 17.0 Å². The summed E-state index contributed by atoms with van der Waals surface area (Å²) in [5.74, 6) is 2.61. The Balaban J connectivity index is 1.88. The van der Waals surface area contributed by atoms with Gasteiger partial charge in [-0.3, -0.25) is 4.79 Å². The van der Waals surface area contributed by atoms with E-state index in [0.29, 0.717) is 17.5 Å². The minimum atomic E-state index is -0.00218. The molecule has 0 spiro atoms. The van der Waals surface area contributed by atoms with Crippen molar-refractivity contribution in [3.63, 3.8) is 0 Å². The molecular formula is C23H32N2O3. The third-order valence-corrected chi connectivity index (χ3v) is 5.44. The van der Waals surface area contributed by atoms with E-state index in [4.69, 9.17) is 9.26 Å². The molecular weight excluding hydrogens is 352 g/mol. The predicted molar refractivity (Wildman–Crippen MR) is 111 cm³/mol. The molecule has 1 aliphatic carbocycles. The van der Waals surface area contributed by atoms with Crippen LogP contribution in [-0.4, -0.2) is 36.2 Å². The standard InChI is InChI=1S/C23H32N2O3/c1-15(2)10-12-25(13-11-16(3)4)23(26)21-19-9-7-17-6-8-18(27-5)14-20(17)22(19)28-24-21/h6,8,14-16H,7,9-13H2,1-5H3. The lowest BCUT2D eigenvalue weighted by atomic mass is 9.89. The molecule has 0 bridgehead atoms. The van der Waals surface area contributed by atoms with Crippen molar-refractivity contribution in [2.24, 2.45) is 11.8 Å². The highest BCUT2D eigenvalue weighted by molar-refractivity contribution is 5.95. The average Bonchev–Trinajstić information content (AvgIpc) is 3.11. The molecule has 0 saturated heterocycles. The zero-order valence-electron chi connectivity index (χ0n) is 17.7. The number of aromatic nitrogens is 1. The second-order valence-corrected chi connectivity index (χ2v) is 8.52. The van der Waals surface area contributed by atoms with E-state index in [2.05, 4.69) is 38.9 Å². The first kappa shape index (κ1) is 20.4. The minimum absolute atomic E-state index is 0.00218. The van der Waals surface area contributed by atoms with Gasteiger partial charge in [0.1, 0.15) is 5.75 Å². The summed E-state index contributed by atoms with van der Waals surface area (Å²) < 4.78 is 11.0. The van der Waals surface area contributed by atoms with E-state index in [0.717, 1.165) is 61.4 Å². The summed E-state index contributed by atoms with van der Waals surface area (Å²) >= 11 is 0. The lowest BCUT2D eigenvalue weighted by Gasteiger charge is -2.24. The second-order valence-electron chi connectivity index (χ2n) is 8.52. The molecule has 152 valence electrons. The number of ether oxygens (including phenoxy) is 1. The normalized spacial score (nSPS) is 12.8. The van der Waals surface area contributed by atoms with Crippen molar-refractivity contribution in [3.05, 3.63) is 35.0 Å². The molecule has 1 aromatic heterocycles. The van der Waals surface area contributed by atoms with E-state index in [-0.39, 0.29) is 5.91 Å². The van der Waals surface area contributed by atoms with Crippen LogP contribution in [0, 0.1) is 11.8 Å². The first-order chi connectivity index (χ1) is 13.4. The summed E-state index contributed by atoms with van der Waals surface area (Å²) in [4.78, 5) is 15.3. The van der Waals surface area contributed by atoms with Crippen LogP contribution in [0.1, 0.15) is 62.2 Å². The Bertz CT molecular complexity index is 811. The first-order valence-electron chi connectivity index (χ1n) is 10.4. The molecule has 0 aliphatic heterocycles. The van der Waals surface area contributed by atoms with Gasteiger partial charge in [-0.05, 0) is 55.2 Å². The van der Waals surface area contributed by atoms with Crippen LogP contribution in [0.25, 0.3) is 11.3 Å². The molecule has 1 aliphatic rings. The lowest BCUT2D eigenvalue weighted by Crippen LogP contribution is -2.35. The summed E-state index contributed by atoms with van der Waals surface area (Å²) in [6.07, 6.45) is 3.64. The Kier molecular flexibility index (Phi) is 6.42. The van der Waals surface area contributed by atoms with Gasteiger partial charge in [-0.1, -0.05) is 38.9 Å². The van der Waals surface area contributed by atoms with E-state index < -0.39 is 0 Å². The van der Waals surface area contributed by atoms with Crippen LogP contribution in [-0.2, 0) is 12.8 Å². The number of aryl methyl sites for hydroxylation is 1. The van der Waals surface area contributed by atoms with Gasteiger partial charge in [0.05, 0.1) is 7.11 Å². The van der Waals surface area contributed by atoms with E-state index in [9.17, 15) is 4.79 Å². The van der Waals surface area contributed by atoms with E-state index in [1.165, 1.54) is 5.56 Å². The van der Waals surface area contributed by atoms with Crippen LogP contribution >= 0.6 is 0 Å². The molecule has 3 rings (SSSR count). The SMILES string of the molecule is COc1ccc2c(c1)-c1onc(C(=O)N(CCC(C)C)CCC(C)C)c1CC2. The molecule has 5 heteroatoms. The van der Waals surface area contributed by atoms with Crippen molar-refractivity contribution in [1.82, 2.24) is 10.1 Å². The van der Waals surface area contributed by atoms with Crippen LogP contribution in [0.15, 0.2) is 22.7 Å². The second kappa shape index (κ2) is 8.80. The summed E-state index contributed by atoms with van der Waals surface area (Å²) in [5, 5.41) is 4.22. The van der Waals surface area contributed by atoms with Crippen molar-refractivity contribution in [2.75, 3.05) is 20.2 Å². The molecule has 2 aromatic rings. The fraction of sp³-hybridized carbons (Fsp3) is 0.565. The van der Waals surface area contributed by atoms with E-state index >= 15 is 0 Å². The molecule has 28 heavy (non-hydrogen) atoms. The van der Waals surface area contributed by atoms with Crippen LogP contribution < -0.4 is 4.74 Å². The maximum absolute atomic E-state index is 13.3. The molecule has 1 aromatic carbocycles. The van der Waals surface area contributed by atoms with Crippen molar-refractivity contribution in [3.8, 4) is 17.1 Å².